The summed E-state index contributed by atoms with van der Waals surface area (Å²) in [5.41, 5.74) is 0.338. The Morgan fingerprint density at radius 3 is 2.79 bits per heavy atom. The molecule has 2 aromatic rings. The predicted molar refractivity (Wildman–Crippen MR) is 73.7 cm³/mol. The lowest BCUT2D eigenvalue weighted by Crippen LogP contribution is -2.25. The number of hydrogen-bond acceptors (Lipinski definition) is 4. The molecule has 0 aliphatic heterocycles. The van der Waals surface area contributed by atoms with Gasteiger partial charge < -0.3 is 9.72 Å². The van der Waals surface area contributed by atoms with Crippen molar-refractivity contribution >= 4 is 32.9 Å². The van der Waals surface area contributed by atoms with Crippen LogP contribution in [0, 0.1) is 11.3 Å². The van der Waals surface area contributed by atoms with Gasteiger partial charge in [-0.1, -0.05) is 0 Å². The van der Waals surface area contributed by atoms with Gasteiger partial charge in [0.2, 0.25) is 0 Å². The Hall–Kier alpha value is -1.87. The maximum atomic E-state index is 12.1. The van der Waals surface area contributed by atoms with Crippen LogP contribution in [0.2, 0.25) is 0 Å². The summed E-state index contributed by atoms with van der Waals surface area (Å²) in [6.45, 7) is 5.32. The van der Waals surface area contributed by atoms with E-state index in [9.17, 15) is 10.1 Å². The van der Waals surface area contributed by atoms with Gasteiger partial charge in [-0.2, -0.15) is 5.26 Å². The van der Waals surface area contributed by atoms with Crippen molar-refractivity contribution in [1.29, 1.82) is 5.26 Å². The number of pyridine rings is 1. The van der Waals surface area contributed by atoms with Crippen molar-refractivity contribution in [1.82, 2.24) is 9.97 Å². The summed E-state index contributed by atoms with van der Waals surface area (Å²) in [5, 5.41) is 9.87. The largest absolute Gasteiger partial charge is 0.455 e. The summed E-state index contributed by atoms with van der Waals surface area (Å²) in [5.74, 6) is -0.563. The molecule has 0 bridgehead atoms. The molecule has 0 aliphatic carbocycles. The standard InChI is InChI=1S/C13H12BrN3O2/c1-13(2,3)19-12(18)10-9(14)8(6-15)7-4-5-16-11(7)17-10/h4-5H,1-3H3,(H,16,17). The lowest BCUT2D eigenvalue weighted by Gasteiger charge is -2.19. The molecule has 2 rings (SSSR count). The van der Waals surface area contributed by atoms with Crippen LogP contribution in [0.1, 0.15) is 36.8 Å². The van der Waals surface area contributed by atoms with Gasteiger partial charge in [-0.05, 0) is 42.8 Å². The van der Waals surface area contributed by atoms with E-state index < -0.39 is 11.6 Å². The van der Waals surface area contributed by atoms with Gasteiger partial charge in [0.05, 0.1) is 10.0 Å². The molecule has 0 atom stereocenters. The summed E-state index contributed by atoms with van der Waals surface area (Å²) < 4.78 is 5.63. The van der Waals surface area contributed by atoms with E-state index in [1.165, 1.54) is 0 Å². The highest BCUT2D eigenvalue weighted by Crippen LogP contribution is 2.28. The second-order valence-electron chi connectivity index (χ2n) is 5.00. The minimum atomic E-state index is -0.615. The third-order valence-corrected chi connectivity index (χ3v) is 3.12. The molecule has 19 heavy (non-hydrogen) atoms. The van der Waals surface area contributed by atoms with Crippen LogP contribution >= 0.6 is 15.9 Å². The highest BCUT2D eigenvalue weighted by Gasteiger charge is 2.24. The fourth-order valence-corrected chi connectivity index (χ4v) is 2.18. The van der Waals surface area contributed by atoms with Crippen molar-refractivity contribution in [3.63, 3.8) is 0 Å². The zero-order valence-corrected chi connectivity index (χ0v) is 12.3. The van der Waals surface area contributed by atoms with Crippen LogP contribution in [0.15, 0.2) is 16.7 Å². The summed E-state index contributed by atoms with van der Waals surface area (Å²) in [6.07, 6.45) is 1.67. The number of esters is 1. The number of aromatic nitrogens is 2. The number of H-pyrrole nitrogens is 1. The molecular weight excluding hydrogens is 310 g/mol. The minimum absolute atomic E-state index is 0.0985. The van der Waals surface area contributed by atoms with Crippen molar-refractivity contribution in [3.8, 4) is 6.07 Å². The molecule has 0 saturated carbocycles. The first kappa shape index (κ1) is 13.6. The van der Waals surface area contributed by atoms with E-state index in [0.717, 1.165) is 0 Å². The Labute approximate surface area is 118 Å². The number of nitrogens with one attached hydrogen (secondary N) is 1. The van der Waals surface area contributed by atoms with Gasteiger partial charge in [0.15, 0.2) is 5.69 Å². The molecule has 0 amide bonds. The lowest BCUT2D eigenvalue weighted by atomic mass is 10.1. The molecule has 0 saturated heterocycles. The van der Waals surface area contributed by atoms with Gasteiger partial charge in [0.1, 0.15) is 17.3 Å². The van der Waals surface area contributed by atoms with E-state index in [1.54, 1.807) is 33.0 Å². The topological polar surface area (TPSA) is 78.8 Å². The quantitative estimate of drug-likeness (QED) is 0.818. The minimum Gasteiger partial charge on any atom is -0.455 e. The van der Waals surface area contributed by atoms with Crippen LogP contribution in [-0.2, 0) is 4.74 Å². The molecule has 1 N–H and O–H groups in total. The predicted octanol–water partition coefficient (Wildman–Crippen LogP) is 3.15. The number of carbonyl (C=O) groups excluding carboxylic acids is 1. The summed E-state index contributed by atoms with van der Waals surface area (Å²) in [4.78, 5) is 19.2. The monoisotopic (exact) mass is 321 g/mol. The van der Waals surface area contributed by atoms with E-state index in [2.05, 4.69) is 32.0 Å². The molecule has 0 aliphatic rings. The molecule has 5 nitrogen and oxygen atoms in total. The molecule has 2 aromatic heterocycles. The van der Waals surface area contributed by atoms with Crippen LogP contribution in [0.3, 0.4) is 0 Å². The third-order valence-electron chi connectivity index (χ3n) is 2.35. The Morgan fingerprint density at radius 2 is 2.21 bits per heavy atom. The van der Waals surface area contributed by atoms with Crippen LogP contribution in [0.4, 0.5) is 0 Å². The number of ether oxygens (including phenoxy) is 1. The Bertz CT molecular complexity index is 692. The number of rotatable bonds is 1. The van der Waals surface area contributed by atoms with Gasteiger partial charge in [0.25, 0.3) is 0 Å². The van der Waals surface area contributed by atoms with E-state index in [4.69, 9.17) is 4.74 Å². The first-order valence-corrected chi connectivity index (χ1v) is 6.43. The number of halogens is 1. The van der Waals surface area contributed by atoms with Gasteiger partial charge in [-0.15, -0.1) is 0 Å². The van der Waals surface area contributed by atoms with Crippen LogP contribution in [0.5, 0.6) is 0 Å². The van der Waals surface area contributed by atoms with Crippen molar-refractivity contribution < 1.29 is 9.53 Å². The molecule has 2 heterocycles. The fraction of sp³-hybridized carbons (Fsp3) is 0.308. The molecule has 0 unspecified atom stereocenters. The van der Waals surface area contributed by atoms with E-state index in [0.29, 0.717) is 21.1 Å². The zero-order valence-electron chi connectivity index (χ0n) is 10.7. The Morgan fingerprint density at radius 1 is 1.53 bits per heavy atom. The summed E-state index contributed by atoms with van der Waals surface area (Å²) >= 11 is 3.26. The normalized spacial score (nSPS) is 11.3. The van der Waals surface area contributed by atoms with Crippen molar-refractivity contribution in [2.45, 2.75) is 26.4 Å². The number of aromatic amines is 1. The molecule has 98 valence electrons. The highest BCUT2D eigenvalue weighted by molar-refractivity contribution is 9.10. The molecular formula is C13H12BrN3O2. The molecule has 0 spiro atoms. The second-order valence-corrected chi connectivity index (χ2v) is 5.80. The van der Waals surface area contributed by atoms with Crippen molar-refractivity contribution in [3.05, 3.63) is 28.0 Å². The number of nitriles is 1. The third kappa shape index (κ3) is 2.61. The van der Waals surface area contributed by atoms with Crippen LogP contribution < -0.4 is 0 Å². The second kappa shape index (κ2) is 4.67. The Kier molecular flexibility index (Phi) is 3.33. The SMILES string of the molecule is CC(C)(C)OC(=O)c1nc2[nH]ccc2c(C#N)c1Br. The number of fused-ring (bicyclic) bond motifs is 1. The maximum Gasteiger partial charge on any atom is 0.358 e. The van der Waals surface area contributed by atoms with E-state index >= 15 is 0 Å². The van der Waals surface area contributed by atoms with Crippen molar-refractivity contribution in [2.75, 3.05) is 0 Å². The van der Waals surface area contributed by atoms with Crippen LogP contribution in [-0.4, -0.2) is 21.5 Å². The first-order valence-electron chi connectivity index (χ1n) is 5.63. The smallest absolute Gasteiger partial charge is 0.358 e. The summed E-state index contributed by atoms with van der Waals surface area (Å²) in [6, 6.07) is 3.81. The summed E-state index contributed by atoms with van der Waals surface area (Å²) in [7, 11) is 0. The molecule has 0 radical (unpaired) electrons. The number of carbonyl (C=O) groups is 1. The first-order chi connectivity index (χ1) is 8.83. The molecule has 0 aromatic carbocycles. The Balaban J connectivity index is 2.59. The van der Waals surface area contributed by atoms with Gasteiger partial charge in [-0.3, -0.25) is 0 Å². The highest BCUT2D eigenvalue weighted by atomic mass is 79.9. The van der Waals surface area contributed by atoms with Gasteiger partial charge in [0, 0.05) is 11.6 Å². The van der Waals surface area contributed by atoms with Crippen LogP contribution in [0.25, 0.3) is 11.0 Å². The number of hydrogen-bond donors (Lipinski definition) is 1. The average Bonchev–Trinajstić information content (AvgIpc) is 2.73. The van der Waals surface area contributed by atoms with Crippen molar-refractivity contribution in [2.24, 2.45) is 0 Å². The van der Waals surface area contributed by atoms with E-state index in [1.807, 2.05) is 0 Å². The lowest BCUT2D eigenvalue weighted by molar-refractivity contribution is 0.00620. The zero-order chi connectivity index (χ0) is 14.2. The maximum absolute atomic E-state index is 12.1. The van der Waals surface area contributed by atoms with Gasteiger partial charge >= 0.3 is 5.97 Å². The molecule has 6 heteroatoms. The van der Waals surface area contributed by atoms with Gasteiger partial charge in [-0.25, -0.2) is 9.78 Å². The molecule has 0 fully saturated rings. The average molecular weight is 322 g/mol. The van der Waals surface area contributed by atoms with E-state index in [-0.39, 0.29) is 5.69 Å². The fourth-order valence-electron chi connectivity index (χ4n) is 1.62. The number of nitrogens with zero attached hydrogens (tertiary/aromatic N) is 2.